The fraction of sp³-hybridized carbons (Fsp3) is 0.500. The summed E-state index contributed by atoms with van der Waals surface area (Å²) in [4.78, 5) is 11.8. The number of rotatable bonds is 4. The molecule has 0 bridgehead atoms. The van der Waals surface area contributed by atoms with Gasteiger partial charge in [-0.3, -0.25) is 4.79 Å². The lowest BCUT2D eigenvalue weighted by Gasteiger charge is -2.14. The molecule has 108 valence electrons. The molecule has 2 N–H and O–H groups in total. The fourth-order valence-electron chi connectivity index (χ4n) is 2.57. The van der Waals surface area contributed by atoms with Crippen molar-refractivity contribution in [2.24, 2.45) is 5.92 Å². The van der Waals surface area contributed by atoms with Crippen molar-refractivity contribution in [2.45, 2.75) is 43.5 Å². The van der Waals surface area contributed by atoms with Crippen LogP contribution in [0.1, 0.15) is 38.2 Å². The SMILES string of the molecule is C[C@@H]1C(=O)Nc2ccc(S(=O)(=O)N[C@@H](C)C3CC3)cc21. The number of anilines is 1. The normalized spacial score (nSPS) is 23.3. The molecule has 3 rings (SSSR count). The second-order valence-corrected chi connectivity index (χ2v) is 7.42. The summed E-state index contributed by atoms with van der Waals surface area (Å²) in [6, 6.07) is 4.76. The lowest BCUT2D eigenvalue weighted by atomic mass is 10.0. The maximum Gasteiger partial charge on any atom is 0.240 e. The molecule has 2 aliphatic rings. The van der Waals surface area contributed by atoms with Crippen LogP contribution < -0.4 is 10.0 Å². The Bertz CT molecular complexity index is 665. The third kappa shape index (κ3) is 2.33. The van der Waals surface area contributed by atoms with Gasteiger partial charge in [-0.1, -0.05) is 0 Å². The lowest BCUT2D eigenvalue weighted by Crippen LogP contribution is -2.34. The Morgan fingerprint density at radius 3 is 2.70 bits per heavy atom. The molecule has 6 heteroatoms. The standard InChI is InChI=1S/C14H18N2O3S/c1-8-12-7-11(5-6-13(12)15-14(8)17)20(18,19)16-9(2)10-3-4-10/h5-10,16H,3-4H2,1-2H3,(H,15,17)/t8-,9-/m0/s1. The number of fused-ring (bicyclic) bond motifs is 1. The summed E-state index contributed by atoms with van der Waals surface area (Å²) >= 11 is 0. The third-order valence-electron chi connectivity index (χ3n) is 4.12. The average Bonchev–Trinajstić information content (AvgIpc) is 3.18. The van der Waals surface area contributed by atoms with Gasteiger partial charge >= 0.3 is 0 Å². The molecule has 20 heavy (non-hydrogen) atoms. The second kappa shape index (κ2) is 4.56. The van der Waals surface area contributed by atoms with E-state index in [2.05, 4.69) is 10.0 Å². The first-order valence-corrected chi connectivity index (χ1v) is 8.34. The Labute approximate surface area is 118 Å². The Balaban J connectivity index is 1.89. The van der Waals surface area contributed by atoms with Crippen LogP contribution in [0.15, 0.2) is 23.1 Å². The van der Waals surface area contributed by atoms with Crippen LogP contribution in [0.25, 0.3) is 0 Å². The van der Waals surface area contributed by atoms with Gasteiger partial charge in [0, 0.05) is 11.7 Å². The van der Waals surface area contributed by atoms with Crippen LogP contribution in [0.4, 0.5) is 5.69 Å². The van der Waals surface area contributed by atoms with E-state index in [9.17, 15) is 13.2 Å². The van der Waals surface area contributed by atoms with E-state index in [1.165, 1.54) is 0 Å². The van der Waals surface area contributed by atoms with Gasteiger partial charge in [0.05, 0.1) is 10.8 Å². The Morgan fingerprint density at radius 2 is 2.05 bits per heavy atom. The molecule has 1 fully saturated rings. The van der Waals surface area contributed by atoms with Crippen LogP contribution in [-0.2, 0) is 14.8 Å². The van der Waals surface area contributed by atoms with Crippen LogP contribution in [0.3, 0.4) is 0 Å². The molecule has 0 radical (unpaired) electrons. The number of benzene rings is 1. The molecule has 0 aromatic heterocycles. The van der Waals surface area contributed by atoms with Crippen molar-refractivity contribution < 1.29 is 13.2 Å². The molecule has 0 spiro atoms. The summed E-state index contributed by atoms with van der Waals surface area (Å²) in [5, 5.41) is 2.74. The molecular formula is C14H18N2O3S. The second-order valence-electron chi connectivity index (χ2n) is 5.71. The van der Waals surface area contributed by atoms with Crippen LogP contribution in [0.2, 0.25) is 0 Å². The molecule has 1 aromatic carbocycles. The molecule has 5 nitrogen and oxygen atoms in total. The quantitative estimate of drug-likeness (QED) is 0.889. The Hall–Kier alpha value is -1.40. The van der Waals surface area contributed by atoms with E-state index in [1.807, 2.05) is 6.92 Å². The van der Waals surface area contributed by atoms with E-state index in [0.717, 1.165) is 18.4 Å². The molecular weight excluding hydrogens is 276 g/mol. The summed E-state index contributed by atoms with van der Waals surface area (Å²) in [6.45, 7) is 3.67. The average molecular weight is 294 g/mol. The zero-order chi connectivity index (χ0) is 14.5. The molecule has 1 amide bonds. The van der Waals surface area contributed by atoms with Crippen LogP contribution in [0, 0.1) is 5.92 Å². The topological polar surface area (TPSA) is 75.3 Å². The highest BCUT2D eigenvalue weighted by Gasteiger charge is 2.32. The van der Waals surface area contributed by atoms with E-state index >= 15 is 0 Å². The van der Waals surface area contributed by atoms with Gasteiger partial charge in [0.15, 0.2) is 0 Å². The zero-order valence-corrected chi connectivity index (χ0v) is 12.3. The Kier molecular flexibility index (Phi) is 3.10. The number of sulfonamides is 1. The summed E-state index contributed by atoms with van der Waals surface area (Å²) in [7, 11) is -3.52. The smallest absolute Gasteiger partial charge is 0.240 e. The highest BCUT2D eigenvalue weighted by Crippen LogP contribution is 2.35. The predicted molar refractivity (Wildman–Crippen MR) is 76.0 cm³/mol. The molecule has 2 atom stereocenters. The van der Waals surface area contributed by atoms with Crippen molar-refractivity contribution in [3.05, 3.63) is 23.8 Å². The van der Waals surface area contributed by atoms with E-state index in [0.29, 0.717) is 11.6 Å². The molecule has 1 aliphatic carbocycles. The minimum atomic E-state index is -3.52. The lowest BCUT2D eigenvalue weighted by molar-refractivity contribution is -0.116. The maximum atomic E-state index is 12.3. The van der Waals surface area contributed by atoms with Gasteiger partial charge in [0.2, 0.25) is 15.9 Å². The summed E-state index contributed by atoms with van der Waals surface area (Å²) in [5.74, 6) is 0.0660. The van der Waals surface area contributed by atoms with E-state index < -0.39 is 10.0 Å². The van der Waals surface area contributed by atoms with Gasteiger partial charge < -0.3 is 5.32 Å². The van der Waals surface area contributed by atoms with Gasteiger partial charge in [-0.15, -0.1) is 0 Å². The van der Waals surface area contributed by atoms with Crippen LogP contribution >= 0.6 is 0 Å². The minimum Gasteiger partial charge on any atom is -0.325 e. The molecule has 1 aromatic rings. The zero-order valence-electron chi connectivity index (χ0n) is 11.5. The van der Waals surface area contributed by atoms with E-state index in [-0.39, 0.29) is 22.8 Å². The third-order valence-corrected chi connectivity index (χ3v) is 5.68. The fourth-order valence-corrected chi connectivity index (χ4v) is 3.91. The summed E-state index contributed by atoms with van der Waals surface area (Å²) in [5.41, 5.74) is 1.45. The Morgan fingerprint density at radius 1 is 1.35 bits per heavy atom. The number of hydrogen-bond donors (Lipinski definition) is 2. The first-order valence-electron chi connectivity index (χ1n) is 6.85. The number of nitrogens with one attached hydrogen (secondary N) is 2. The first kappa shape index (κ1) is 13.6. The van der Waals surface area contributed by atoms with Gasteiger partial charge in [-0.2, -0.15) is 0 Å². The molecule has 1 saturated carbocycles. The van der Waals surface area contributed by atoms with Gasteiger partial charge in [0.25, 0.3) is 0 Å². The molecule has 0 unspecified atom stereocenters. The van der Waals surface area contributed by atoms with Crippen molar-refractivity contribution in [1.29, 1.82) is 0 Å². The first-order chi connectivity index (χ1) is 9.38. The number of carbonyl (C=O) groups excluding carboxylic acids is 1. The van der Waals surface area contributed by atoms with Gasteiger partial charge in [0.1, 0.15) is 0 Å². The highest BCUT2D eigenvalue weighted by molar-refractivity contribution is 7.89. The van der Waals surface area contributed by atoms with Crippen LogP contribution in [-0.4, -0.2) is 20.4 Å². The number of hydrogen-bond acceptors (Lipinski definition) is 3. The van der Waals surface area contributed by atoms with Crippen molar-refractivity contribution in [1.82, 2.24) is 4.72 Å². The van der Waals surface area contributed by atoms with E-state index in [1.54, 1.807) is 25.1 Å². The molecule has 1 heterocycles. The van der Waals surface area contributed by atoms with Gasteiger partial charge in [-0.25, -0.2) is 13.1 Å². The largest absolute Gasteiger partial charge is 0.325 e. The van der Waals surface area contributed by atoms with Crippen LogP contribution in [0.5, 0.6) is 0 Å². The maximum absolute atomic E-state index is 12.3. The number of amides is 1. The van der Waals surface area contributed by atoms with Crippen molar-refractivity contribution >= 4 is 21.6 Å². The van der Waals surface area contributed by atoms with Crippen molar-refractivity contribution in [3.63, 3.8) is 0 Å². The minimum absolute atomic E-state index is 0.0366. The van der Waals surface area contributed by atoms with Crippen molar-refractivity contribution in [2.75, 3.05) is 5.32 Å². The summed E-state index contributed by atoms with van der Waals surface area (Å²) in [6.07, 6.45) is 2.17. The predicted octanol–water partition coefficient (Wildman–Crippen LogP) is 1.82. The molecule has 0 saturated heterocycles. The van der Waals surface area contributed by atoms with Gasteiger partial charge in [-0.05, 0) is 56.4 Å². The monoisotopic (exact) mass is 294 g/mol. The van der Waals surface area contributed by atoms with E-state index in [4.69, 9.17) is 0 Å². The highest BCUT2D eigenvalue weighted by atomic mass is 32.2. The number of carbonyl (C=O) groups is 1. The summed E-state index contributed by atoms with van der Waals surface area (Å²) < 4.78 is 27.4. The van der Waals surface area contributed by atoms with Crippen molar-refractivity contribution in [3.8, 4) is 0 Å². The molecule has 1 aliphatic heterocycles.